The second kappa shape index (κ2) is 19.4. The summed E-state index contributed by atoms with van der Waals surface area (Å²) in [5.74, 6) is 0. The van der Waals surface area contributed by atoms with Crippen LogP contribution in [0.5, 0.6) is 0 Å². The molecule has 0 amide bonds. The topological polar surface area (TPSA) is 101 Å². The average Bonchev–Trinajstić information content (AvgIpc) is 2.81. The summed E-state index contributed by atoms with van der Waals surface area (Å²) in [4.78, 5) is 2.58. The van der Waals surface area contributed by atoms with E-state index in [9.17, 15) is 0 Å². The lowest BCUT2D eigenvalue weighted by Gasteiger charge is -2.23. The highest BCUT2D eigenvalue weighted by molar-refractivity contribution is 5.22. The molecule has 0 bridgehead atoms. The van der Waals surface area contributed by atoms with Crippen molar-refractivity contribution in [1.82, 2.24) is 36.8 Å². The van der Waals surface area contributed by atoms with E-state index >= 15 is 0 Å². The van der Waals surface area contributed by atoms with E-state index < -0.39 is 0 Å². The SMILES string of the molecule is NCCNCCNCCNCc1ccc(CN2CCCNCCNCCCNCC2)cc1. The Kier molecular flexibility index (Phi) is 16.4. The van der Waals surface area contributed by atoms with Gasteiger partial charge in [-0.15, -0.1) is 0 Å². The van der Waals surface area contributed by atoms with Gasteiger partial charge in [-0.25, -0.2) is 0 Å². The lowest BCUT2D eigenvalue weighted by atomic mass is 10.1. The summed E-state index contributed by atoms with van der Waals surface area (Å²) in [6.45, 7) is 16.2. The van der Waals surface area contributed by atoms with E-state index in [-0.39, 0.29) is 0 Å². The molecule has 1 aliphatic heterocycles. The summed E-state index contributed by atoms with van der Waals surface area (Å²) < 4.78 is 0. The molecule has 1 saturated heterocycles. The molecule has 8 nitrogen and oxygen atoms in total. The van der Waals surface area contributed by atoms with Crippen molar-refractivity contribution in [3.05, 3.63) is 35.4 Å². The lowest BCUT2D eigenvalue weighted by Crippen LogP contribution is -2.36. The summed E-state index contributed by atoms with van der Waals surface area (Å²) in [6, 6.07) is 9.12. The van der Waals surface area contributed by atoms with Crippen LogP contribution < -0.4 is 37.6 Å². The molecule has 0 spiro atoms. The van der Waals surface area contributed by atoms with Crippen LogP contribution in [0.3, 0.4) is 0 Å². The van der Waals surface area contributed by atoms with E-state index in [0.29, 0.717) is 6.54 Å². The van der Waals surface area contributed by atoms with E-state index in [0.717, 1.165) is 98.2 Å². The quantitative estimate of drug-likeness (QED) is 0.210. The van der Waals surface area contributed by atoms with E-state index in [2.05, 4.69) is 61.1 Å². The molecule has 8 heteroatoms. The van der Waals surface area contributed by atoms with Crippen LogP contribution in [0, 0.1) is 0 Å². The first-order chi connectivity index (χ1) is 15.9. The molecule has 0 saturated carbocycles. The van der Waals surface area contributed by atoms with Crippen molar-refractivity contribution >= 4 is 0 Å². The molecule has 32 heavy (non-hydrogen) atoms. The summed E-state index contributed by atoms with van der Waals surface area (Å²) in [5, 5.41) is 20.9. The molecule has 1 aromatic rings. The first kappa shape index (κ1) is 27.1. The van der Waals surface area contributed by atoms with E-state index in [1.54, 1.807) is 0 Å². The zero-order chi connectivity index (χ0) is 22.5. The van der Waals surface area contributed by atoms with Gasteiger partial charge in [0.15, 0.2) is 0 Å². The van der Waals surface area contributed by atoms with Gasteiger partial charge in [0, 0.05) is 78.5 Å². The summed E-state index contributed by atoms with van der Waals surface area (Å²) in [5.41, 5.74) is 8.21. The molecule has 1 heterocycles. The molecule has 0 unspecified atom stereocenters. The fourth-order valence-corrected chi connectivity index (χ4v) is 3.78. The second-order valence-corrected chi connectivity index (χ2v) is 8.52. The van der Waals surface area contributed by atoms with Crippen LogP contribution in [0.1, 0.15) is 24.0 Å². The van der Waals surface area contributed by atoms with Gasteiger partial charge < -0.3 is 37.6 Å². The van der Waals surface area contributed by atoms with Crippen molar-refractivity contribution in [3.63, 3.8) is 0 Å². The van der Waals surface area contributed by atoms with Crippen molar-refractivity contribution in [3.8, 4) is 0 Å². The molecule has 0 aromatic heterocycles. The first-order valence-electron chi connectivity index (χ1n) is 12.6. The maximum absolute atomic E-state index is 5.46. The third-order valence-corrected chi connectivity index (χ3v) is 5.65. The lowest BCUT2D eigenvalue weighted by molar-refractivity contribution is 0.260. The zero-order valence-electron chi connectivity index (χ0n) is 20.1. The minimum atomic E-state index is 0.700. The minimum Gasteiger partial charge on any atom is -0.329 e. The van der Waals surface area contributed by atoms with Crippen LogP contribution in [-0.2, 0) is 13.1 Å². The summed E-state index contributed by atoms with van der Waals surface area (Å²) in [7, 11) is 0. The molecule has 1 aromatic carbocycles. The van der Waals surface area contributed by atoms with Crippen LogP contribution in [0.15, 0.2) is 24.3 Å². The van der Waals surface area contributed by atoms with Crippen LogP contribution in [0.4, 0.5) is 0 Å². The van der Waals surface area contributed by atoms with Gasteiger partial charge in [0.1, 0.15) is 0 Å². The van der Waals surface area contributed by atoms with Gasteiger partial charge in [-0.2, -0.15) is 0 Å². The highest BCUT2D eigenvalue weighted by Crippen LogP contribution is 2.08. The Bertz CT molecular complexity index is 525. The number of hydrogen-bond acceptors (Lipinski definition) is 8. The predicted molar refractivity (Wildman–Crippen MR) is 136 cm³/mol. The van der Waals surface area contributed by atoms with Crippen LogP contribution in [-0.4, -0.2) is 96.5 Å². The van der Waals surface area contributed by atoms with Crippen LogP contribution >= 0.6 is 0 Å². The average molecular weight is 449 g/mol. The molecule has 0 atom stereocenters. The molecule has 2 rings (SSSR count). The van der Waals surface area contributed by atoms with Gasteiger partial charge >= 0.3 is 0 Å². The van der Waals surface area contributed by atoms with Crippen molar-refractivity contribution in [2.24, 2.45) is 5.73 Å². The molecule has 0 aliphatic carbocycles. The highest BCUT2D eigenvalue weighted by atomic mass is 15.1. The number of nitrogens with zero attached hydrogens (tertiary/aromatic N) is 1. The fraction of sp³-hybridized carbons (Fsp3) is 0.750. The fourth-order valence-electron chi connectivity index (χ4n) is 3.78. The van der Waals surface area contributed by atoms with Gasteiger partial charge in [0.25, 0.3) is 0 Å². The zero-order valence-corrected chi connectivity index (χ0v) is 20.1. The Labute approximate surface area is 195 Å². The van der Waals surface area contributed by atoms with Gasteiger partial charge in [-0.3, -0.25) is 4.90 Å². The number of benzene rings is 1. The van der Waals surface area contributed by atoms with Gasteiger partial charge in [-0.05, 0) is 50.1 Å². The Morgan fingerprint density at radius 1 is 0.656 bits per heavy atom. The Balaban J connectivity index is 1.63. The maximum atomic E-state index is 5.46. The normalized spacial score (nSPS) is 17.8. The Hall–Kier alpha value is -1.10. The van der Waals surface area contributed by atoms with Crippen molar-refractivity contribution < 1.29 is 0 Å². The van der Waals surface area contributed by atoms with Gasteiger partial charge in [0.05, 0.1) is 0 Å². The maximum Gasteiger partial charge on any atom is 0.0234 e. The number of rotatable bonds is 12. The van der Waals surface area contributed by atoms with Crippen LogP contribution in [0.2, 0.25) is 0 Å². The molecule has 184 valence electrons. The minimum absolute atomic E-state index is 0.700. The van der Waals surface area contributed by atoms with Gasteiger partial charge in [0.2, 0.25) is 0 Å². The van der Waals surface area contributed by atoms with E-state index in [1.807, 2.05) is 0 Å². The van der Waals surface area contributed by atoms with E-state index in [1.165, 1.54) is 24.0 Å². The number of hydrogen-bond donors (Lipinski definition) is 7. The highest BCUT2D eigenvalue weighted by Gasteiger charge is 2.07. The molecular formula is C24H48N8. The number of nitrogens with one attached hydrogen (secondary N) is 6. The largest absolute Gasteiger partial charge is 0.329 e. The molecule has 8 N–H and O–H groups in total. The van der Waals surface area contributed by atoms with Crippen LogP contribution in [0.25, 0.3) is 0 Å². The third-order valence-electron chi connectivity index (χ3n) is 5.65. The van der Waals surface area contributed by atoms with Crippen molar-refractivity contribution in [2.45, 2.75) is 25.9 Å². The number of nitrogens with two attached hydrogens (primary N) is 1. The Morgan fingerprint density at radius 3 is 1.97 bits per heavy atom. The van der Waals surface area contributed by atoms with Crippen molar-refractivity contribution in [2.75, 3.05) is 91.6 Å². The molecule has 0 radical (unpaired) electrons. The Morgan fingerprint density at radius 2 is 1.25 bits per heavy atom. The summed E-state index contributed by atoms with van der Waals surface area (Å²) >= 11 is 0. The predicted octanol–water partition coefficient (Wildman–Crippen LogP) is -0.721. The molecule has 1 aliphatic rings. The monoisotopic (exact) mass is 448 g/mol. The van der Waals surface area contributed by atoms with E-state index in [4.69, 9.17) is 5.73 Å². The molecular weight excluding hydrogens is 400 g/mol. The summed E-state index contributed by atoms with van der Waals surface area (Å²) in [6.07, 6.45) is 2.39. The van der Waals surface area contributed by atoms with Gasteiger partial charge in [-0.1, -0.05) is 24.3 Å². The molecule has 1 fully saturated rings. The van der Waals surface area contributed by atoms with Crippen molar-refractivity contribution in [1.29, 1.82) is 0 Å². The first-order valence-corrected chi connectivity index (χ1v) is 12.6. The second-order valence-electron chi connectivity index (χ2n) is 8.52. The smallest absolute Gasteiger partial charge is 0.0234 e. The third kappa shape index (κ3) is 14.1. The standard InChI is InChI=1S/C24H48N8/c25-7-11-29-14-15-30-16-17-31-21-23-3-5-24(6-4-23)22-32-19-2-10-27-13-12-26-8-1-9-28-18-20-32/h3-6,26-31H,1-2,7-22,25H2.